The molecule has 0 spiro atoms. The minimum atomic E-state index is -0.191. The van der Waals surface area contributed by atoms with E-state index in [9.17, 15) is 4.79 Å². The van der Waals surface area contributed by atoms with Gasteiger partial charge in [0.25, 0.3) is 0 Å². The molecule has 1 aliphatic rings. The molecule has 0 saturated carbocycles. The van der Waals surface area contributed by atoms with E-state index < -0.39 is 0 Å². The second kappa shape index (κ2) is 7.78. The molecule has 0 aromatic carbocycles. The first kappa shape index (κ1) is 16.3. The van der Waals surface area contributed by atoms with Crippen molar-refractivity contribution >= 4 is 22.8 Å². The summed E-state index contributed by atoms with van der Waals surface area (Å²) in [6, 6.07) is 0.215. The maximum absolute atomic E-state index is 12.2. The third kappa shape index (κ3) is 5.05. The van der Waals surface area contributed by atoms with Crippen LogP contribution in [0.4, 0.5) is 0 Å². The number of nitrogens with zero attached hydrogens (tertiary/aromatic N) is 2. The van der Waals surface area contributed by atoms with Crippen molar-refractivity contribution in [3.63, 3.8) is 0 Å². The highest BCUT2D eigenvalue weighted by Gasteiger charge is 2.23. The van der Waals surface area contributed by atoms with E-state index in [2.05, 4.69) is 24.2 Å². The molecule has 1 aliphatic heterocycles. The van der Waals surface area contributed by atoms with Crippen LogP contribution in [0, 0.1) is 5.92 Å². The van der Waals surface area contributed by atoms with E-state index in [1.807, 2.05) is 25.7 Å². The van der Waals surface area contributed by atoms with Gasteiger partial charge in [-0.05, 0) is 33.1 Å². The van der Waals surface area contributed by atoms with Crippen LogP contribution in [0.25, 0.3) is 0 Å². The molecule has 0 fully saturated rings. The number of hydrogen-bond acceptors (Lipinski definition) is 4. The topological polar surface area (TPSA) is 44.7 Å². The van der Waals surface area contributed by atoms with E-state index >= 15 is 0 Å². The van der Waals surface area contributed by atoms with Gasteiger partial charge in [0.2, 0.25) is 5.91 Å². The Balaban J connectivity index is 2.49. The SMILES string of the molecule is CCN(CC)C(=O)C(C)NC1=NC(CC(C)C)CS1. The average molecular weight is 285 g/mol. The lowest BCUT2D eigenvalue weighted by Gasteiger charge is -2.23. The predicted molar refractivity (Wildman–Crippen MR) is 83.7 cm³/mol. The largest absolute Gasteiger partial charge is 0.353 e. The van der Waals surface area contributed by atoms with E-state index in [-0.39, 0.29) is 11.9 Å². The third-order valence-electron chi connectivity index (χ3n) is 3.24. The fourth-order valence-corrected chi connectivity index (χ4v) is 3.26. The number of likely N-dealkylation sites (N-methyl/N-ethyl adjacent to an activating group) is 1. The van der Waals surface area contributed by atoms with Gasteiger partial charge in [-0.25, -0.2) is 0 Å². The molecule has 2 atom stereocenters. The molecular weight excluding hydrogens is 258 g/mol. The summed E-state index contributed by atoms with van der Waals surface area (Å²) in [7, 11) is 0. The number of amidine groups is 1. The number of aliphatic imine (C=N–C) groups is 1. The Kier molecular flexibility index (Phi) is 6.69. The molecule has 1 rings (SSSR count). The molecule has 1 N–H and O–H groups in total. The number of rotatable bonds is 6. The molecule has 5 heteroatoms. The Hall–Kier alpha value is -0.710. The van der Waals surface area contributed by atoms with Gasteiger partial charge in [0, 0.05) is 18.8 Å². The Morgan fingerprint density at radius 3 is 2.58 bits per heavy atom. The van der Waals surface area contributed by atoms with Gasteiger partial charge in [0.15, 0.2) is 5.17 Å². The van der Waals surface area contributed by atoms with E-state index in [1.54, 1.807) is 11.8 Å². The summed E-state index contributed by atoms with van der Waals surface area (Å²) >= 11 is 1.73. The smallest absolute Gasteiger partial charge is 0.244 e. The Morgan fingerprint density at radius 1 is 1.42 bits per heavy atom. The summed E-state index contributed by atoms with van der Waals surface area (Å²) in [6.07, 6.45) is 1.12. The Morgan fingerprint density at radius 2 is 2.05 bits per heavy atom. The molecule has 0 aromatic rings. The highest BCUT2D eigenvalue weighted by molar-refractivity contribution is 8.14. The van der Waals surface area contributed by atoms with Gasteiger partial charge in [-0.15, -0.1) is 0 Å². The van der Waals surface area contributed by atoms with Gasteiger partial charge in [-0.2, -0.15) is 0 Å². The number of hydrogen-bond donors (Lipinski definition) is 1. The first-order chi connectivity index (χ1) is 8.97. The van der Waals surface area contributed by atoms with Crippen molar-refractivity contribution < 1.29 is 4.79 Å². The molecule has 0 aromatic heterocycles. The highest BCUT2D eigenvalue weighted by atomic mass is 32.2. The molecule has 2 unspecified atom stereocenters. The molecule has 0 radical (unpaired) electrons. The highest BCUT2D eigenvalue weighted by Crippen LogP contribution is 2.22. The van der Waals surface area contributed by atoms with E-state index in [1.165, 1.54) is 0 Å². The van der Waals surface area contributed by atoms with Crippen LogP contribution in [0.5, 0.6) is 0 Å². The van der Waals surface area contributed by atoms with Gasteiger partial charge in [0.05, 0.1) is 6.04 Å². The summed E-state index contributed by atoms with van der Waals surface area (Å²) in [5, 5.41) is 4.18. The van der Waals surface area contributed by atoms with Crippen molar-refractivity contribution in [3.8, 4) is 0 Å². The third-order valence-corrected chi connectivity index (χ3v) is 4.29. The van der Waals surface area contributed by atoms with Gasteiger partial charge < -0.3 is 10.2 Å². The standard InChI is InChI=1S/C14H27N3OS/c1-6-17(7-2)13(18)11(5)15-14-16-12(9-19-14)8-10(3)4/h10-12H,6-9H2,1-5H3,(H,15,16). The minimum absolute atomic E-state index is 0.153. The summed E-state index contributed by atoms with van der Waals surface area (Å²) in [4.78, 5) is 18.7. The van der Waals surface area contributed by atoms with Crippen molar-refractivity contribution in [3.05, 3.63) is 0 Å². The van der Waals surface area contributed by atoms with E-state index in [0.29, 0.717) is 12.0 Å². The summed E-state index contributed by atoms with van der Waals surface area (Å²) in [6.45, 7) is 11.9. The molecule has 110 valence electrons. The minimum Gasteiger partial charge on any atom is -0.353 e. The zero-order valence-corrected chi connectivity index (χ0v) is 13.6. The summed E-state index contributed by atoms with van der Waals surface area (Å²) in [5.41, 5.74) is 0. The van der Waals surface area contributed by atoms with Crippen molar-refractivity contribution in [2.45, 2.75) is 53.1 Å². The van der Waals surface area contributed by atoms with E-state index in [0.717, 1.165) is 30.4 Å². The van der Waals surface area contributed by atoms with Gasteiger partial charge >= 0.3 is 0 Å². The quantitative estimate of drug-likeness (QED) is 0.815. The molecule has 0 aliphatic carbocycles. The fourth-order valence-electron chi connectivity index (χ4n) is 2.22. The number of carbonyl (C=O) groups is 1. The molecule has 4 nitrogen and oxygen atoms in total. The van der Waals surface area contributed by atoms with Gasteiger partial charge in [-0.1, -0.05) is 25.6 Å². The van der Waals surface area contributed by atoms with Crippen molar-refractivity contribution in [2.24, 2.45) is 10.9 Å². The zero-order valence-electron chi connectivity index (χ0n) is 12.8. The number of carbonyl (C=O) groups excluding carboxylic acids is 1. The monoisotopic (exact) mass is 285 g/mol. The molecular formula is C14H27N3OS. The zero-order chi connectivity index (χ0) is 14.4. The van der Waals surface area contributed by atoms with Crippen LogP contribution in [0.15, 0.2) is 4.99 Å². The second-order valence-corrected chi connectivity index (χ2v) is 6.41. The molecule has 19 heavy (non-hydrogen) atoms. The van der Waals surface area contributed by atoms with Crippen LogP contribution >= 0.6 is 11.8 Å². The lowest BCUT2D eigenvalue weighted by atomic mass is 10.1. The van der Waals surface area contributed by atoms with Gasteiger partial charge in [0.1, 0.15) is 6.04 Å². The molecule has 1 amide bonds. The first-order valence-corrected chi connectivity index (χ1v) is 8.22. The Labute approximate surface area is 121 Å². The Bertz CT molecular complexity index is 327. The number of nitrogens with one attached hydrogen (secondary N) is 1. The number of thioether (sulfide) groups is 1. The van der Waals surface area contributed by atoms with Crippen LogP contribution < -0.4 is 5.32 Å². The second-order valence-electron chi connectivity index (χ2n) is 5.41. The molecule has 0 bridgehead atoms. The average Bonchev–Trinajstić information content (AvgIpc) is 2.76. The maximum Gasteiger partial charge on any atom is 0.244 e. The van der Waals surface area contributed by atoms with Crippen molar-refractivity contribution in [1.82, 2.24) is 10.2 Å². The molecule has 1 heterocycles. The summed E-state index contributed by atoms with van der Waals surface area (Å²) < 4.78 is 0. The van der Waals surface area contributed by atoms with E-state index in [4.69, 9.17) is 0 Å². The fraction of sp³-hybridized carbons (Fsp3) is 0.857. The number of amides is 1. The van der Waals surface area contributed by atoms with Crippen molar-refractivity contribution in [1.29, 1.82) is 0 Å². The van der Waals surface area contributed by atoms with Crippen LogP contribution in [0.1, 0.15) is 41.0 Å². The van der Waals surface area contributed by atoms with Crippen LogP contribution in [-0.4, -0.2) is 46.9 Å². The van der Waals surface area contributed by atoms with Crippen LogP contribution in [-0.2, 0) is 4.79 Å². The first-order valence-electron chi connectivity index (χ1n) is 7.23. The van der Waals surface area contributed by atoms with Crippen molar-refractivity contribution in [2.75, 3.05) is 18.8 Å². The maximum atomic E-state index is 12.2. The lowest BCUT2D eigenvalue weighted by Crippen LogP contribution is -2.46. The lowest BCUT2D eigenvalue weighted by molar-refractivity contribution is -0.132. The normalized spacial score (nSPS) is 20.3. The van der Waals surface area contributed by atoms with Gasteiger partial charge in [-0.3, -0.25) is 9.79 Å². The van der Waals surface area contributed by atoms with Crippen LogP contribution in [0.2, 0.25) is 0 Å². The predicted octanol–water partition coefficient (Wildman–Crippen LogP) is 2.35. The summed E-state index contributed by atoms with van der Waals surface area (Å²) in [5.74, 6) is 1.86. The van der Waals surface area contributed by atoms with Crippen LogP contribution in [0.3, 0.4) is 0 Å². The molecule has 0 saturated heterocycles.